The fourth-order valence-electron chi connectivity index (χ4n) is 5.74. The molecule has 0 aromatic carbocycles. The standard InChI is InChI=1S/4C9H21Ge.Ge2H2O/c4*1-4-7-10(8-5-2)9-6-3;1-3-2/h4*4-9H2,1-3H3;1-2H. The van der Waals surface area contributed by atoms with E-state index in [1.54, 1.807) is 63.0 Å². The van der Waals surface area contributed by atoms with Crippen molar-refractivity contribution in [3.63, 3.8) is 0 Å². The summed E-state index contributed by atoms with van der Waals surface area (Å²) in [5, 5.41) is 19.4. The van der Waals surface area contributed by atoms with Gasteiger partial charge in [-0.2, -0.15) is 0 Å². The van der Waals surface area contributed by atoms with E-state index >= 15 is 0 Å². The second-order valence-corrected chi connectivity index (χ2v) is 40.9. The molecule has 0 spiro atoms. The van der Waals surface area contributed by atoms with Gasteiger partial charge in [0.2, 0.25) is 0 Å². The zero-order chi connectivity index (χ0) is 34.0. The van der Waals surface area contributed by atoms with Gasteiger partial charge in [0.1, 0.15) is 0 Å². The Bertz CT molecular complexity index is 288. The molecule has 0 fully saturated rings. The molecule has 0 bridgehead atoms. The van der Waals surface area contributed by atoms with Crippen LogP contribution in [0.15, 0.2) is 0 Å². The van der Waals surface area contributed by atoms with Crippen molar-refractivity contribution in [1.29, 1.82) is 0 Å². The van der Waals surface area contributed by atoms with Gasteiger partial charge in [-0.25, -0.2) is 0 Å². The van der Waals surface area contributed by atoms with Crippen LogP contribution < -0.4 is 0 Å². The van der Waals surface area contributed by atoms with Gasteiger partial charge in [0.15, 0.2) is 0 Å². The van der Waals surface area contributed by atoms with Gasteiger partial charge >= 0.3 is 317 Å². The molecule has 260 valence electrons. The Hall–Kier alpha value is 3.22. The molecule has 0 aromatic heterocycles. The van der Waals surface area contributed by atoms with Crippen LogP contribution in [0.3, 0.4) is 0 Å². The predicted molar refractivity (Wildman–Crippen MR) is 220 cm³/mol. The van der Waals surface area contributed by atoms with Gasteiger partial charge in [-0.05, 0) is 0 Å². The summed E-state index contributed by atoms with van der Waals surface area (Å²) >= 11 is 0.681. The predicted octanol–water partition coefficient (Wildman–Crippen LogP) is 13.5. The molecule has 1 nitrogen and oxygen atoms in total. The van der Waals surface area contributed by atoms with E-state index in [1.807, 2.05) is 0 Å². The van der Waals surface area contributed by atoms with Crippen LogP contribution in [0.5, 0.6) is 0 Å². The van der Waals surface area contributed by atoms with Crippen LogP contribution in [0.2, 0.25) is 63.0 Å². The van der Waals surface area contributed by atoms with Crippen LogP contribution in [0.4, 0.5) is 0 Å². The van der Waals surface area contributed by atoms with E-state index in [-0.39, 0.29) is 0 Å². The molecule has 0 amide bonds. The van der Waals surface area contributed by atoms with Crippen molar-refractivity contribution in [2.24, 2.45) is 0 Å². The Morgan fingerprint density at radius 2 is 0.326 bits per heavy atom. The van der Waals surface area contributed by atoms with Gasteiger partial charge in [-0.1, -0.05) is 0 Å². The summed E-state index contributed by atoms with van der Waals surface area (Å²) < 4.78 is 4.38. The molecule has 0 saturated carbocycles. The molecule has 0 saturated heterocycles. The van der Waals surface area contributed by atoms with Crippen molar-refractivity contribution >= 4 is 91.1 Å². The molecule has 0 unspecified atom stereocenters. The molecule has 0 heterocycles. The summed E-state index contributed by atoms with van der Waals surface area (Å²) in [6.07, 6.45) is 17.3. The Balaban J connectivity index is -0.000000145. The summed E-state index contributed by atoms with van der Waals surface area (Å²) in [5.41, 5.74) is 0. The minimum absolute atomic E-state index is 0.486. The average molecular weight is 971 g/mol. The first-order chi connectivity index (χ1) is 20.8. The van der Waals surface area contributed by atoms with Gasteiger partial charge in [0, 0.05) is 0 Å². The van der Waals surface area contributed by atoms with Gasteiger partial charge in [-0.3, -0.25) is 0 Å². The Kier molecular flexibility index (Phi) is 70.7. The third-order valence-corrected chi connectivity index (χ3v) is 37.6. The molecule has 0 atom stereocenters. The molecule has 7 heteroatoms. The Morgan fingerprint density at radius 3 is 0.372 bits per heavy atom. The Morgan fingerprint density at radius 1 is 0.256 bits per heavy atom. The van der Waals surface area contributed by atoms with Gasteiger partial charge in [0.25, 0.3) is 0 Å². The third-order valence-electron chi connectivity index (χ3n) is 7.24. The minimum atomic E-state index is -0.486. The number of hydrogen-bond acceptors (Lipinski definition) is 1. The first kappa shape index (κ1) is 55.6. The second-order valence-electron chi connectivity index (χ2n) is 12.1. The molecule has 43 heavy (non-hydrogen) atoms. The maximum atomic E-state index is 4.38. The van der Waals surface area contributed by atoms with E-state index in [0.717, 1.165) is 0 Å². The molecule has 0 aliphatic heterocycles. The molecule has 0 N–H and O–H groups in total. The quantitative estimate of drug-likeness (QED) is 0.0876. The normalized spacial score (nSPS) is 10.5. The second kappa shape index (κ2) is 54.7. The zero-order valence-corrected chi connectivity index (χ0v) is 45.8. The summed E-state index contributed by atoms with van der Waals surface area (Å²) in [4.78, 5) is 0. The molecule has 0 aliphatic carbocycles. The Labute approximate surface area is 313 Å². The molecular weight excluding hydrogens is 884 g/mol. The fourth-order valence-corrected chi connectivity index (χ4v) is 29.8. The van der Waals surface area contributed by atoms with Gasteiger partial charge < -0.3 is 0 Å². The van der Waals surface area contributed by atoms with Crippen LogP contribution in [0.1, 0.15) is 160 Å². The third kappa shape index (κ3) is 54.9. The zero-order valence-electron chi connectivity index (χ0n) is 32.5. The van der Waals surface area contributed by atoms with E-state index in [4.69, 9.17) is 0 Å². The van der Waals surface area contributed by atoms with Crippen LogP contribution in [-0.4, -0.2) is 91.1 Å². The van der Waals surface area contributed by atoms with Crippen LogP contribution in [0, 0.1) is 0 Å². The molecular formula is C36H86Ge6O. The monoisotopic (exact) mass is 978 g/mol. The van der Waals surface area contributed by atoms with Crippen molar-refractivity contribution in [1.82, 2.24) is 0 Å². The van der Waals surface area contributed by atoms with E-state index in [1.165, 1.54) is 111 Å². The van der Waals surface area contributed by atoms with Crippen molar-refractivity contribution in [2.45, 2.75) is 223 Å². The van der Waals surface area contributed by atoms with E-state index in [9.17, 15) is 0 Å². The van der Waals surface area contributed by atoms with Crippen molar-refractivity contribution in [2.75, 3.05) is 0 Å². The molecule has 8 radical (unpaired) electrons. The van der Waals surface area contributed by atoms with E-state index < -0.39 is 57.4 Å². The molecule has 0 rings (SSSR count). The van der Waals surface area contributed by atoms with Crippen molar-refractivity contribution in [3.8, 4) is 0 Å². The fraction of sp³-hybridized carbons (Fsp3) is 1.00. The van der Waals surface area contributed by atoms with Crippen LogP contribution in [-0.2, 0) is 2.79 Å². The number of hydrogen-bond donors (Lipinski definition) is 0. The number of rotatable bonds is 24. The summed E-state index contributed by atoms with van der Waals surface area (Å²) in [5.74, 6) is 0. The summed E-state index contributed by atoms with van der Waals surface area (Å²) in [6, 6.07) is 0. The molecule has 0 aliphatic rings. The summed E-state index contributed by atoms with van der Waals surface area (Å²) in [7, 11) is 0. The maximum absolute atomic E-state index is 4.38. The van der Waals surface area contributed by atoms with Gasteiger partial charge in [0.05, 0.1) is 0 Å². The first-order valence-electron chi connectivity index (χ1n) is 19.2. The SMILES string of the molecule is CC[CH2][Ge]([CH2]CC)[CH2]CC.CC[CH2][Ge]([CH2]CC)[CH2]CC.CC[CH2][Ge]([CH2]CC)[CH2]CC.CC[CH2][Ge]([CH2]CC)[CH2]CC.[GeH][O][GeH]. The van der Waals surface area contributed by atoms with Crippen LogP contribution in [0.25, 0.3) is 0 Å². The van der Waals surface area contributed by atoms with E-state index in [2.05, 4.69) is 85.9 Å². The van der Waals surface area contributed by atoms with Crippen molar-refractivity contribution < 1.29 is 2.79 Å². The van der Waals surface area contributed by atoms with Crippen molar-refractivity contribution in [3.05, 3.63) is 0 Å². The topological polar surface area (TPSA) is 9.23 Å². The average Bonchev–Trinajstić information content (AvgIpc) is 2.96. The van der Waals surface area contributed by atoms with E-state index in [0.29, 0.717) is 0 Å². The van der Waals surface area contributed by atoms with Gasteiger partial charge in [-0.15, -0.1) is 0 Å². The summed E-state index contributed by atoms with van der Waals surface area (Å²) in [6.45, 7) is 28.0. The first-order valence-corrected chi connectivity index (χ1v) is 39.0. The van der Waals surface area contributed by atoms with Crippen LogP contribution >= 0.6 is 0 Å². The molecule has 0 aromatic rings.